The van der Waals surface area contributed by atoms with Gasteiger partial charge in [-0.1, -0.05) is 36.2 Å². The number of carbonyl (C=O) groups excluding carboxylic acids is 1. The molecular formula is C19H19ClN2O3S. The maximum atomic E-state index is 12.8. The van der Waals surface area contributed by atoms with Gasteiger partial charge in [-0.3, -0.25) is 4.79 Å². The second-order valence-corrected chi connectivity index (χ2v) is 8.25. The molecule has 1 aromatic heterocycles. The zero-order valence-electron chi connectivity index (χ0n) is 14.1. The SMILES string of the molecule is O=C(O)C1C2CCCC2CN1C(=O)Cc1csc(-c2ccccc2Cl)n1. The van der Waals surface area contributed by atoms with Gasteiger partial charge in [-0.2, -0.15) is 0 Å². The van der Waals surface area contributed by atoms with Crippen molar-refractivity contribution in [3.63, 3.8) is 0 Å². The van der Waals surface area contributed by atoms with Crippen molar-refractivity contribution in [1.82, 2.24) is 9.88 Å². The van der Waals surface area contributed by atoms with Crippen LogP contribution in [0, 0.1) is 11.8 Å². The first-order chi connectivity index (χ1) is 12.5. The van der Waals surface area contributed by atoms with Crippen LogP contribution in [-0.4, -0.2) is 39.5 Å². The second-order valence-electron chi connectivity index (χ2n) is 6.98. The molecule has 2 aliphatic rings. The third kappa shape index (κ3) is 3.12. The molecule has 1 saturated carbocycles. The van der Waals surface area contributed by atoms with Crippen LogP contribution < -0.4 is 0 Å². The fraction of sp³-hybridized carbons (Fsp3) is 0.421. The van der Waals surface area contributed by atoms with Crippen molar-refractivity contribution < 1.29 is 14.7 Å². The summed E-state index contributed by atoms with van der Waals surface area (Å²) in [6.45, 7) is 0.558. The molecule has 0 radical (unpaired) electrons. The first-order valence-corrected chi connectivity index (χ1v) is 10.0. The molecule has 26 heavy (non-hydrogen) atoms. The molecule has 2 aromatic rings. The van der Waals surface area contributed by atoms with E-state index in [1.807, 2.05) is 29.6 Å². The lowest BCUT2D eigenvalue weighted by molar-refractivity contribution is -0.149. The van der Waals surface area contributed by atoms with E-state index in [0.717, 1.165) is 29.8 Å². The van der Waals surface area contributed by atoms with E-state index in [2.05, 4.69) is 4.98 Å². The molecule has 1 aliphatic carbocycles. The monoisotopic (exact) mass is 390 g/mol. The Hall–Kier alpha value is -1.92. The van der Waals surface area contributed by atoms with Crippen molar-refractivity contribution in [1.29, 1.82) is 0 Å². The van der Waals surface area contributed by atoms with Gasteiger partial charge in [0.15, 0.2) is 0 Å². The Balaban J connectivity index is 1.50. The number of hydrogen-bond donors (Lipinski definition) is 1. The molecule has 7 heteroatoms. The summed E-state index contributed by atoms with van der Waals surface area (Å²) in [5, 5.41) is 12.9. The van der Waals surface area contributed by atoms with Gasteiger partial charge in [0.2, 0.25) is 5.91 Å². The Kier molecular flexibility index (Phi) is 4.71. The molecule has 2 heterocycles. The molecule has 1 saturated heterocycles. The summed E-state index contributed by atoms with van der Waals surface area (Å²) < 4.78 is 0. The van der Waals surface area contributed by atoms with Crippen LogP contribution in [0.25, 0.3) is 10.6 Å². The van der Waals surface area contributed by atoms with Crippen LogP contribution >= 0.6 is 22.9 Å². The standard InChI is InChI=1S/C19H19ClN2O3S/c20-15-7-2-1-5-14(15)18-21-12(10-26-18)8-16(23)22-9-11-4-3-6-13(11)17(22)19(24)25/h1-2,5,7,10-11,13,17H,3-4,6,8-9H2,(H,24,25). The maximum absolute atomic E-state index is 12.8. The van der Waals surface area contributed by atoms with Crippen molar-refractivity contribution in [2.24, 2.45) is 11.8 Å². The highest BCUT2D eigenvalue weighted by atomic mass is 35.5. The highest BCUT2D eigenvalue weighted by molar-refractivity contribution is 7.13. The van der Waals surface area contributed by atoms with Crippen molar-refractivity contribution >= 4 is 34.8 Å². The number of benzene rings is 1. The van der Waals surface area contributed by atoms with E-state index >= 15 is 0 Å². The minimum absolute atomic E-state index is 0.102. The highest BCUT2D eigenvalue weighted by Crippen LogP contribution is 2.42. The minimum atomic E-state index is -0.886. The fourth-order valence-electron chi connectivity index (χ4n) is 4.28. The van der Waals surface area contributed by atoms with E-state index in [1.165, 1.54) is 11.3 Å². The molecule has 2 fully saturated rings. The van der Waals surface area contributed by atoms with Gasteiger partial charge in [-0.25, -0.2) is 9.78 Å². The third-order valence-electron chi connectivity index (χ3n) is 5.45. The Bertz CT molecular complexity index is 853. The van der Waals surface area contributed by atoms with E-state index in [-0.39, 0.29) is 18.2 Å². The van der Waals surface area contributed by atoms with E-state index < -0.39 is 12.0 Å². The van der Waals surface area contributed by atoms with E-state index in [0.29, 0.717) is 23.2 Å². The zero-order chi connectivity index (χ0) is 18.3. The minimum Gasteiger partial charge on any atom is -0.480 e. The average Bonchev–Trinajstić information content (AvgIpc) is 3.29. The molecule has 136 valence electrons. The topological polar surface area (TPSA) is 70.5 Å². The Morgan fingerprint density at radius 2 is 2.12 bits per heavy atom. The van der Waals surface area contributed by atoms with E-state index in [1.54, 1.807) is 4.90 Å². The van der Waals surface area contributed by atoms with E-state index in [9.17, 15) is 14.7 Å². The summed E-state index contributed by atoms with van der Waals surface area (Å²) in [6.07, 6.45) is 3.11. The van der Waals surface area contributed by atoms with Gasteiger partial charge in [-0.15, -0.1) is 11.3 Å². The van der Waals surface area contributed by atoms with Crippen LogP contribution in [0.15, 0.2) is 29.6 Å². The third-order valence-corrected chi connectivity index (χ3v) is 6.71. The Morgan fingerprint density at radius 3 is 2.88 bits per heavy atom. The number of carboxylic acids is 1. The van der Waals surface area contributed by atoms with E-state index in [4.69, 9.17) is 11.6 Å². The number of halogens is 1. The summed E-state index contributed by atoms with van der Waals surface area (Å²) in [6, 6.07) is 6.78. The molecule has 1 aliphatic heterocycles. The number of hydrogen-bond acceptors (Lipinski definition) is 4. The van der Waals surface area contributed by atoms with Crippen molar-refractivity contribution in [2.45, 2.75) is 31.7 Å². The first-order valence-electron chi connectivity index (χ1n) is 8.76. The number of aliphatic carboxylic acids is 1. The number of carboxylic acid groups (broad SMARTS) is 1. The summed E-state index contributed by atoms with van der Waals surface area (Å²) in [4.78, 5) is 30.6. The first kappa shape index (κ1) is 17.5. The maximum Gasteiger partial charge on any atom is 0.326 e. The van der Waals surface area contributed by atoms with Crippen LogP contribution in [0.3, 0.4) is 0 Å². The fourth-order valence-corrected chi connectivity index (χ4v) is 5.42. The second kappa shape index (κ2) is 7.00. The largest absolute Gasteiger partial charge is 0.480 e. The lowest BCUT2D eigenvalue weighted by Crippen LogP contribution is -2.44. The predicted molar refractivity (Wildman–Crippen MR) is 100 cm³/mol. The number of nitrogens with zero attached hydrogens (tertiary/aromatic N) is 2. The number of likely N-dealkylation sites (tertiary alicyclic amines) is 1. The van der Waals surface area contributed by atoms with Gasteiger partial charge in [0, 0.05) is 17.5 Å². The number of amides is 1. The van der Waals surface area contributed by atoms with Crippen molar-refractivity contribution in [3.05, 3.63) is 40.4 Å². The Morgan fingerprint density at radius 1 is 1.31 bits per heavy atom. The zero-order valence-corrected chi connectivity index (χ0v) is 15.7. The van der Waals surface area contributed by atoms with Gasteiger partial charge < -0.3 is 10.0 Å². The van der Waals surface area contributed by atoms with Crippen LogP contribution in [0.1, 0.15) is 25.0 Å². The highest BCUT2D eigenvalue weighted by Gasteiger charge is 2.49. The molecule has 3 unspecified atom stereocenters. The number of rotatable bonds is 4. The van der Waals surface area contributed by atoms with Gasteiger partial charge >= 0.3 is 5.97 Å². The molecule has 3 atom stereocenters. The van der Waals surface area contributed by atoms with Crippen molar-refractivity contribution in [2.75, 3.05) is 6.54 Å². The lowest BCUT2D eigenvalue weighted by Gasteiger charge is -2.24. The summed E-state index contributed by atoms with van der Waals surface area (Å²) in [7, 11) is 0. The van der Waals surface area contributed by atoms with Crippen LogP contribution in [0.4, 0.5) is 0 Å². The predicted octanol–water partition coefficient (Wildman–Crippen LogP) is 3.72. The van der Waals surface area contributed by atoms with Crippen molar-refractivity contribution in [3.8, 4) is 10.6 Å². The Labute approximate surface area is 160 Å². The molecule has 4 rings (SSSR count). The number of fused-ring (bicyclic) bond motifs is 1. The summed E-state index contributed by atoms with van der Waals surface area (Å²) >= 11 is 7.65. The van der Waals surface area contributed by atoms with Crippen LogP contribution in [0.5, 0.6) is 0 Å². The smallest absolute Gasteiger partial charge is 0.326 e. The van der Waals surface area contributed by atoms with Gasteiger partial charge in [0.25, 0.3) is 0 Å². The number of thiazole rings is 1. The number of aromatic nitrogens is 1. The molecule has 1 amide bonds. The lowest BCUT2D eigenvalue weighted by atomic mass is 9.94. The summed E-state index contributed by atoms with van der Waals surface area (Å²) in [5.74, 6) is -0.606. The summed E-state index contributed by atoms with van der Waals surface area (Å²) in [5.41, 5.74) is 1.51. The van der Waals surface area contributed by atoms with Gasteiger partial charge in [0.1, 0.15) is 11.0 Å². The van der Waals surface area contributed by atoms with Gasteiger partial charge in [-0.05, 0) is 30.7 Å². The molecule has 0 bridgehead atoms. The molecule has 1 aromatic carbocycles. The quantitative estimate of drug-likeness (QED) is 0.863. The van der Waals surface area contributed by atoms with Gasteiger partial charge in [0.05, 0.1) is 17.1 Å². The number of carbonyl (C=O) groups is 2. The normalized spacial score (nSPS) is 24.7. The molecule has 1 N–H and O–H groups in total. The molecule has 5 nitrogen and oxygen atoms in total. The van der Waals surface area contributed by atoms with Crippen LogP contribution in [0.2, 0.25) is 5.02 Å². The van der Waals surface area contributed by atoms with Crippen LogP contribution in [-0.2, 0) is 16.0 Å². The average molecular weight is 391 g/mol. The molecular weight excluding hydrogens is 372 g/mol. The molecule has 0 spiro atoms.